The third kappa shape index (κ3) is 9.88. The number of ether oxygens (including phenoxy) is 5. The molecule has 0 aliphatic carbocycles. The van der Waals surface area contributed by atoms with Gasteiger partial charge in [-0.3, -0.25) is 4.79 Å². The maximum Gasteiger partial charge on any atom is 0.410 e. The van der Waals surface area contributed by atoms with E-state index in [-0.39, 0.29) is 23.9 Å². The number of likely N-dealkylation sites (tertiary alicyclic amines) is 1. The van der Waals surface area contributed by atoms with E-state index < -0.39 is 11.7 Å². The van der Waals surface area contributed by atoms with Gasteiger partial charge in [0, 0.05) is 56.3 Å². The number of carbonyl (C=O) groups is 2. The van der Waals surface area contributed by atoms with E-state index in [1.807, 2.05) is 82.0 Å². The van der Waals surface area contributed by atoms with Gasteiger partial charge in [0.25, 0.3) is 5.91 Å². The number of hydrogen-bond acceptors (Lipinski definition) is 7. The Bertz CT molecular complexity index is 1450. The van der Waals surface area contributed by atoms with E-state index in [9.17, 15) is 9.59 Å². The number of benzene rings is 3. The van der Waals surface area contributed by atoms with Gasteiger partial charge in [0.15, 0.2) is 11.5 Å². The van der Waals surface area contributed by atoms with E-state index in [1.165, 1.54) is 0 Å². The highest BCUT2D eigenvalue weighted by Crippen LogP contribution is 2.33. The lowest BCUT2D eigenvalue weighted by atomic mass is 9.92. The number of amides is 2. The normalized spacial score (nSPS) is 16.5. The predicted octanol–water partition coefficient (Wildman–Crippen LogP) is 7.33. The van der Waals surface area contributed by atoms with E-state index in [2.05, 4.69) is 12.1 Å². The van der Waals surface area contributed by atoms with E-state index in [0.717, 1.165) is 16.9 Å². The Morgan fingerprint density at radius 1 is 0.872 bits per heavy atom. The molecular formula is C38H50N2O7. The second-order valence-corrected chi connectivity index (χ2v) is 13.2. The summed E-state index contributed by atoms with van der Waals surface area (Å²) < 4.78 is 28.9. The van der Waals surface area contributed by atoms with Crippen molar-refractivity contribution < 1.29 is 33.3 Å². The van der Waals surface area contributed by atoms with Crippen molar-refractivity contribution >= 4 is 12.0 Å². The summed E-state index contributed by atoms with van der Waals surface area (Å²) in [5, 5.41) is 0. The molecule has 0 bridgehead atoms. The average Bonchev–Trinajstić information content (AvgIpc) is 3.05. The van der Waals surface area contributed by atoms with Crippen molar-refractivity contribution in [3.8, 4) is 28.4 Å². The van der Waals surface area contributed by atoms with Gasteiger partial charge in [0.1, 0.15) is 11.4 Å². The molecule has 0 aromatic heterocycles. The van der Waals surface area contributed by atoms with Crippen molar-refractivity contribution in [1.82, 2.24) is 9.80 Å². The molecule has 9 heteroatoms. The summed E-state index contributed by atoms with van der Waals surface area (Å²) in [4.78, 5) is 31.3. The van der Waals surface area contributed by atoms with Crippen LogP contribution >= 0.6 is 0 Å². The number of hydrogen-bond donors (Lipinski definition) is 0. The fourth-order valence-electron chi connectivity index (χ4n) is 5.91. The Balaban J connectivity index is 1.59. The first-order valence-electron chi connectivity index (χ1n) is 16.4. The zero-order valence-electron chi connectivity index (χ0n) is 28.9. The lowest BCUT2D eigenvalue weighted by molar-refractivity contribution is -0.00550. The molecule has 3 aromatic rings. The number of rotatable bonds is 13. The van der Waals surface area contributed by atoms with Crippen LogP contribution in [0.25, 0.3) is 11.1 Å². The number of para-hydroxylation sites is 1. The van der Waals surface area contributed by atoms with Crippen LogP contribution < -0.4 is 14.2 Å². The minimum absolute atomic E-state index is 0.0466. The SMILES string of the molecule is COCCCOc1cc(C(=O)N(C(C)C)[C@@H]2C[C@H](COc3ccccc3-c3ccccc3)CN(C(=O)OC(C)(C)C)C2)ccc1OC. The van der Waals surface area contributed by atoms with Gasteiger partial charge in [-0.1, -0.05) is 48.5 Å². The highest BCUT2D eigenvalue weighted by Gasteiger charge is 2.38. The Labute approximate surface area is 279 Å². The first-order chi connectivity index (χ1) is 22.5. The zero-order valence-corrected chi connectivity index (χ0v) is 28.9. The fourth-order valence-corrected chi connectivity index (χ4v) is 5.91. The van der Waals surface area contributed by atoms with Gasteiger partial charge < -0.3 is 33.5 Å². The summed E-state index contributed by atoms with van der Waals surface area (Å²) in [5.41, 5.74) is 1.91. The molecule has 0 N–H and O–H groups in total. The van der Waals surface area contributed by atoms with Crippen LogP contribution in [0.2, 0.25) is 0 Å². The molecule has 47 heavy (non-hydrogen) atoms. The molecule has 1 aliphatic heterocycles. The highest BCUT2D eigenvalue weighted by molar-refractivity contribution is 5.95. The van der Waals surface area contributed by atoms with Crippen LogP contribution in [-0.4, -0.2) is 86.6 Å². The largest absolute Gasteiger partial charge is 0.493 e. The minimum atomic E-state index is -0.652. The van der Waals surface area contributed by atoms with Crippen LogP contribution in [0.1, 0.15) is 57.8 Å². The summed E-state index contributed by atoms with van der Waals surface area (Å²) in [7, 11) is 3.23. The summed E-state index contributed by atoms with van der Waals surface area (Å²) in [6, 6.07) is 22.9. The summed E-state index contributed by atoms with van der Waals surface area (Å²) in [6.07, 6.45) is 0.967. The molecule has 9 nitrogen and oxygen atoms in total. The molecule has 0 radical (unpaired) electrons. The van der Waals surface area contributed by atoms with Crippen LogP contribution in [0.15, 0.2) is 72.8 Å². The van der Waals surface area contributed by atoms with Gasteiger partial charge in [0.2, 0.25) is 0 Å². The molecule has 2 amide bonds. The van der Waals surface area contributed by atoms with Crippen molar-refractivity contribution in [3.63, 3.8) is 0 Å². The Hall–Kier alpha value is -4.24. The molecule has 2 atom stereocenters. The third-order valence-corrected chi connectivity index (χ3v) is 7.96. The third-order valence-electron chi connectivity index (χ3n) is 7.96. The van der Waals surface area contributed by atoms with Crippen molar-refractivity contribution in [2.24, 2.45) is 5.92 Å². The Morgan fingerprint density at radius 2 is 1.60 bits per heavy atom. The first kappa shape index (κ1) is 35.6. The molecule has 254 valence electrons. The topological polar surface area (TPSA) is 86.8 Å². The van der Waals surface area contributed by atoms with Gasteiger partial charge in [0.05, 0.1) is 26.4 Å². The molecule has 0 spiro atoms. The summed E-state index contributed by atoms with van der Waals surface area (Å²) in [5.74, 6) is 1.64. The Kier molecular flexibility index (Phi) is 12.5. The second kappa shape index (κ2) is 16.5. The standard InChI is InChI=1S/C38H50N2O7/c1-27(2)40(36(41)30-18-19-34(44-7)35(23-30)45-21-13-20-43-6)31-22-28(24-39(25-31)37(42)47-38(3,4)5)26-46-33-17-12-11-16-32(33)29-14-9-8-10-15-29/h8-12,14-19,23,27-28,31H,13,20-22,24-26H2,1-7H3/t28-,31+/m0/s1. The molecule has 1 aliphatic rings. The van der Waals surface area contributed by atoms with Crippen LogP contribution in [0, 0.1) is 5.92 Å². The van der Waals surface area contributed by atoms with E-state index in [0.29, 0.717) is 62.8 Å². The van der Waals surface area contributed by atoms with Crippen LogP contribution in [-0.2, 0) is 9.47 Å². The number of methoxy groups -OCH3 is 2. The van der Waals surface area contributed by atoms with Gasteiger partial charge in [-0.2, -0.15) is 0 Å². The number of carbonyl (C=O) groups excluding carboxylic acids is 2. The smallest absolute Gasteiger partial charge is 0.410 e. The molecule has 1 fully saturated rings. The maximum absolute atomic E-state index is 14.3. The first-order valence-corrected chi connectivity index (χ1v) is 16.4. The fraction of sp³-hybridized carbons (Fsp3) is 0.474. The van der Waals surface area contributed by atoms with Crippen LogP contribution in [0.5, 0.6) is 17.2 Å². The molecule has 3 aromatic carbocycles. The van der Waals surface area contributed by atoms with Crippen LogP contribution in [0.3, 0.4) is 0 Å². The molecule has 4 rings (SSSR count). The van der Waals surface area contributed by atoms with Crippen molar-refractivity contribution in [2.75, 3.05) is 47.1 Å². The molecule has 1 heterocycles. The van der Waals surface area contributed by atoms with Crippen molar-refractivity contribution in [2.45, 2.75) is 65.1 Å². The lowest BCUT2D eigenvalue weighted by Gasteiger charge is -2.44. The molecule has 0 unspecified atom stereocenters. The van der Waals surface area contributed by atoms with Gasteiger partial charge in [-0.15, -0.1) is 0 Å². The monoisotopic (exact) mass is 646 g/mol. The van der Waals surface area contributed by atoms with E-state index in [4.69, 9.17) is 23.7 Å². The van der Waals surface area contributed by atoms with Gasteiger partial charge in [-0.05, 0) is 70.9 Å². The van der Waals surface area contributed by atoms with E-state index in [1.54, 1.807) is 37.3 Å². The zero-order chi connectivity index (χ0) is 34.0. The number of piperidine rings is 1. The molecule has 0 saturated carbocycles. The van der Waals surface area contributed by atoms with Crippen LogP contribution in [0.4, 0.5) is 4.79 Å². The van der Waals surface area contributed by atoms with E-state index >= 15 is 0 Å². The van der Waals surface area contributed by atoms with Crippen molar-refractivity contribution in [3.05, 3.63) is 78.4 Å². The average molecular weight is 647 g/mol. The lowest BCUT2D eigenvalue weighted by Crippen LogP contribution is -2.57. The molecule has 1 saturated heterocycles. The summed E-state index contributed by atoms with van der Waals surface area (Å²) in [6.45, 7) is 11.8. The molecular weight excluding hydrogens is 596 g/mol. The van der Waals surface area contributed by atoms with Gasteiger partial charge >= 0.3 is 6.09 Å². The second-order valence-electron chi connectivity index (χ2n) is 13.2. The van der Waals surface area contributed by atoms with Crippen molar-refractivity contribution in [1.29, 1.82) is 0 Å². The predicted molar refractivity (Wildman–Crippen MR) is 183 cm³/mol. The summed E-state index contributed by atoms with van der Waals surface area (Å²) >= 11 is 0. The quantitative estimate of drug-likeness (QED) is 0.180. The number of nitrogens with zero attached hydrogens (tertiary/aromatic N) is 2. The maximum atomic E-state index is 14.3. The minimum Gasteiger partial charge on any atom is -0.493 e. The van der Waals surface area contributed by atoms with Gasteiger partial charge in [-0.25, -0.2) is 4.79 Å². The highest BCUT2D eigenvalue weighted by atomic mass is 16.6. The Morgan fingerprint density at radius 3 is 2.28 bits per heavy atom.